The quantitative estimate of drug-likeness (QED) is 0.664. The predicted molar refractivity (Wildman–Crippen MR) is 122 cm³/mol. The Kier molecular flexibility index (Phi) is 8.28. The second-order valence-electron chi connectivity index (χ2n) is 7.94. The molecule has 1 heterocycles. The highest BCUT2D eigenvalue weighted by molar-refractivity contribution is 5.92. The first kappa shape index (κ1) is 23.1. The number of benzene rings is 2. The number of morpholine rings is 1. The van der Waals surface area contributed by atoms with Crippen LogP contribution in [0.3, 0.4) is 0 Å². The maximum atomic E-state index is 12.5. The van der Waals surface area contributed by atoms with Crippen LogP contribution < -0.4 is 14.8 Å². The topological polar surface area (TPSA) is 63.3 Å². The van der Waals surface area contributed by atoms with Crippen molar-refractivity contribution in [2.24, 2.45) is 0 Å². The van der Waals surface area contributed by atoms with E-state index in [1.165, 1.54) is 5.56 Å². The zero-order valence-electron chi connectivity index (χ0n) is 18.9. The number of anilines is 1. The lowest BCUT2D eigenvalue weighted by atomic mass is 10.1. The van der Waals surface area contributed by atoms with E-state index < -0.39 is 0 Å². The number of ether oxygens (including phenoxy) is 3. The molecule has 0 spiro atoms. The molecule has 2 aromatic rings. The number of nitrogens with zero attached hydrogens (tertiary/aromatic N) is 2. The van der Waals surface area contributed by atoms with Gasteiger partial charge in [0.05, 0.1) is 34.0 Å². The van der Waals surface area contributed by atoms with Gasteiger partial charge in [-0.25, -0.2) is 0 Å². The summed E-state index contributed by atoms with van der Waals surface area (Å²) in [5.74, 6) is 1.36. The minimum Gasteiger partial charge on any atom is -0.493 e. The van der Waals surface area contributed by atoms with E-state index in [9.17, 15) is 4.79 Å². The molecule has 0 aromatic heterocycles. The highest BCUT2D eigenvalue weighted by atomic mass is 16.5. The molecule has 1 amide bonds. The van der Waals surface area contributed by atoms with Crippen LogP contribution in [0.5, 0.6) is 11.5 Å². The fourth-order valence-electron chi connectivity index (χ4n) is 3.70. The van der Waals surface area contributed by atoms with Crippen LogP contribution in [0.4, 0.5) is 5.69 Å². The van der Waals surface area contributed by atoms with E-state index in [0.717, 1.165) is 49.7 Å². The molecule has 1 N–H and O–H groups in total. The summed E-state index contributed by atoms with van der Waals surface area (Å²) >= 11 is 0. The van der Waals surface area contributed by atoms with Crippen LogP contribution in [0.1, 0.15) is 16.7 Å². The lowest BCUT2D eigenvalue weighted by molar-refractivity contribution is -0.117. The van der Waals surface area contributed by atoms with Crippen LogP contribution in [0.15, 0.2) is 36.4 Å². The Balaban J connectivity index is 1.51. The molecule has 1 aliphatic heterocycles. The number of amides is 1. The Morgan fingerprint density at radius 3 is 2.39 bits per heavy atom. The van der Waals surface area contributed by atoms with Gasteiger partial charge in [0.2, 0.25) is 5.91 Å². The van der Waals surface area contributed by atoms with Gasteiger partial charge in [0, 0.05) is 31.9 Å². The van der Waals surface area contributed by atoms with Crippen molar-refractivity contribution in [2.45, 2.75) is 20.0 Å². The summed E-state index contributed by atoms with van der Waals surface area (Å²) in [7, 11) is 5.18. The second-order valence-corrected chi connectivity index (χ2v) is 7.94. The van der Waals surface area contributed by atoms with Gasteiger partial charge in [-0.1, -0.05) is 12.1 Å². The van der Waals surface area contributed by atoms with Crippen LogP contribution in [0.25, 0.3) is 0 Å². The second kappa shape index (κ2) is 11.1. The van der Waals surface area contributed by atoms with Crippen molar-refractivity contribution in [3.8, 4) is 11.5 Å². The summed E-state index contributed by atoms with van der Waals surface area (Å²) in [5, 5.41) is 2.99. The SMILES string of the molecule is COc1cc(C)c(CN(C)CC(=O)Nc2ccc(CN3CCOCC3)cc2)cc1OC. The van der Waals surface area contributed by atoms with Crippen LogP contribution in [-0.2, 0) is 22.6 Å². The lowest BCUT2D eigenvalue weighted by Gasteiger charge is -2.26. The molecular weight excluding hydrogens is 394 g/mol. The van der Waals surface area contributed by atoms with Gasteiger partial charge in [-0.3, -0.25) is 14.6 Å². The monoisotopic (exact) mass is 427 g/mol. The van der Waals surface area contributed by atoms with E-state index in [0.29, 0.717) is 24.6 Å². The third-order valence-corrected chi connectivity index (χ3v) is 5.44. The van der Waals surface area contributed by atoms with Gasteiger partial charge in [0.25, 0.3) is 0 Å². The maximum absolute atomic E-state index is 12.5. The maximum Gasteiger partial charge on any atom is 0.238 e. The summed E-state index contributed by atoms with van der Waals surface area (Å²) in [4.78, 5) is 16.9. The number of rotatable bonds is 9. The Morgan fingerprint density at radius 1 is 1.10 bits per heavy atom. The number of carbonyl (C=O) groups excluding carboxylic acids is 1. The van der Waals surface area contributed by atoms with Crippen molar-refractivity contribution in [3.63, 3.8) is 0 Å². The lowest BCUT2D eigenvalue weighted by Crippen LogP contribution is -2.35. The first-order chi connectivity index (χ1) is 15.0. The molecule has 1 fully saturated rings. The largest absolute Gasteiger partial charge is 0.493 e. The smallest absolute Gasteiger partial charge is 0.238 e. The number of nitrogens with one attached hydrogen (secondary N) is 1. The molecule has 0 atom stereocenters. The summed E-state index contributed by atoms with van der Waals surface area (Å²) in [6.45, 7) is 7.39. The fraction of sp³-hybridized carbons (Fsp3) is 0.458. The molecule has 1 saturated heterocycles. The number of likely N-dealkylation sites (N-methyl/N-ethyl adjacent to an activating group) is 1. The molecule has 31 heavy (non-hydrogen) atoms. The van der Waals surface area contributed by atoms with Crippen molar-refractivity contribution in [1.29, 1.82) is 0 Å². The summed E-state index contributed by atoms with van der Waals surface area (Å²) in [6.07, 6.45) is 0. The van der Waals surface area contributed by atoms with Crippen LogP contribution in [-0.4, -0.2) is 69.8 Å². The van der Waals surface area contributed by atoms with Gasteiger partial charge in [-0.2, -0.15) is 0 Å². The summed E-state index contributed by atoms with van der Waals surface area (Å²) < 4.78 is 16.1. The highest BCUT2D eigenvalue weighted by Crippen LogP contribution is 2.30. The Morgan fingerprint density at radius 2 is 1.74 bits per heavy atom. The van der Waals surface area contributed by atoms with Gasteiger partial charge < -0.3 is 19.5 Å². The van der Waals surface area contributed by atoms with Gasteiger partial charge in [0.15, 0.2) is 11.5 Å². The fourth-order valence-corrected chi connectivity index (χ4v) is 3.70. The molecule has 7 nitrogen and oxygen atoms in total. The number of hydrogen-bond donors (Lipinski definition) is 1. The number of aryl methyl sites for hydroxylation is 1. The van der Waals surface area contributed by atoms with E-state index in [1.807, 2.05) is 43.1 Å². The standard InChI is InChI=1S/C24H33N3O4/c1-18-13-22(29-3)23(30-4)14-20(18)16-26(2)17-24(28)25-21-7-5-19(6-8-21)15-27-9-11-31-12-10-27/h5-8,13-14H,9-12,15-17H2,1-4H3,(H,25,28). The highest BCUT2D eigenvalue weighted by Gasteiger charge is 2.13. The Hall–Kier alpha value is -2.61. The van der Waals surface area contributed by atoms with Gasteiger partial charge in [-0.05, 0) is 54.9 Å². The normalized spacial score (nSPS) is 14.5. The molecule has 0 unspecified atom stereocenters. The van der Waals surface area contributed by atoms with Gasteiger partial charge >= 0.3 is 0 Å². The molecule has 1 aliphatic rings. The molecule has 0 bridgehead atoms. The minimum absolute atomic E-state index is 0.0402. The first-order valence-electron chi connectivity index (χ1n) is 10.6. The van der Waals surface area contributed by atoms with Crippen molar-refractivity contribution in [1.82, 2.24) is 9.80 Å². The summed E-state index contributed by atoms with van der Waals surface area (Å²) in [6, 6.07) is 12.0. The van der Waals surface area contributed by atoms with E-state index in [-0.39, 0.29) is 5.91 Å². The third kappa shape index (κ3) is 6.69. The Bertz CT molecular complexity index is 864. The minimum atomic E-state index is -0.0402. The van der Waals surface area contributed by atoms with Crippen LogP contribution in [0.2, 0.25) is 0 Å². The summed E-state index contributed by atoms with van der Waals surface area (Å²) in [5.41, 5.74) is 4.24. The van der Waals surface area contributed by atoms with E-state index in [1.54, 1.807) is 14.2 Å². The first-order valence-corrected chi connectivity index (χ1v) is 10.6. The Labute approximate surface area is 184 Å². The number of hydrogen-bond acceptors (Lipinski definition) is 6. The number of methoxy groups -OCH3 is 2. The molecule has 0 radical (unpaired) electrons. The van der Waals surface area contributed by atoms with Crippen molar-refractivity contribution >= 4 is 11.6 Å². The van der Waals surface area contributed by atoms with E-state index in [4.69, 9.17) is 14.2 Å². The molecule has 2 aromatic carbocycles. The van der Waals surface area contributed by atoms with E-state index in [2.05, 4.69) is 22.3 Å². The molecule has 0 aliphatic carbocycles. The molecule has 168 valence electrons. The molecular formula is C24H33N3O4. The van der Waals surface area contributed by atoms with E-state index >= 15 is 0 Å². The number of carbonyl (C=O) groups is 1. The van der Waals surface area contributed by atoms with Crippen molar-refractivity contribution in [2.75, 3.05) is 59.4 Å². The predicted octanol–water partition coefficient (Wildman–Crippen LogP) is 2.91. The third-order valence-electron chi connectivity index (χ3n) is 5.44. The van der Waals surface area contributed by atoms with Crippen LogP contribution >= 0.6 is 0 Å². The molecule has 3 rings (SSSR count). The molecule has 7 heteroatoms. The zero-order chi connectivity index (χ0) is 22.2. The average Bonchev–Trinajstić information content (AvgIpc) is 2.76. The van der Waals surface area contributed by atoms with Gasteiger partial charge in [0.1, 0.15) is 0 Å². The molecule has 0 saturated carbocycles. The van der Waals surface area contributed by atoms with Crippen molar-refractivity contribution < 1.29 is 19.0 Å². The zero-order valence-corrected chi connectivity index (χ0v) is 18.9. The van der Waals surface area contributed by atoms with Crippen LogP contribution in [0, 0.1) is 6.92 Å². The van der Waals surface area contributed by atoms with Gasteiger partial charge in [-0.15, -0.1) is 0 Å². The average molecular weight is 428 g/mol. The van der Waals surface area contributed by atoms with Crippen molar-refractivity contribution in [3.05, 3.63) is 53.1 Å².